The molecular weight excluding hydrogens is 445 g/mol. The topological polar surface area (TPSA) is 62.2 Å². The number of rotatable bonds is 5. The first-order chi connectivity index (χ1) is 11.8. The molecule has 3 aromatic rings. The van der Waals surface area contributed by atoms with E-state index >= 15 is 0 Å². The molecular formula is C18H22IN5S. The summed E-state index contributed by atoms with van der Waals surface area (Å²) >= 11 is 1.74. The van der Waals surface area contributed by atoms with Gasteiger partial charge in [0.05, 0.1) is 10.5 Å². The number of benzene rings is 1. The standard InChI is InChI=1S/C18H21N5S.HI/c1-13-11-22-17(24-13)8-10-21-18(19-2)23-12-14-7-9-20-16-6-4-3-5-15(14)16;/h3-7,9,11H,8,10,12H2,1-2H3,(H2,19,21,23);1H. The number of halogens is 1. The molecule has 2 N–H and O–H groups in total. The maximum absolute atomic E-state index is 4.39. The van der Waals surface area contributed by atoms with Gasteiger partial charge in [0.2, 0.25) is 0 Å². The van der Waals surface area contributed by atoms with Gasteiger partial charge in [0.1, 0.15) is 0 Å². The second-order valence-corrected chi connectivity index (χ2v) is 6.77. The SMILES string of the molecule is CN=C(NCCc1ncc(C)s1)NCc1ccnc2ccccc12.I. The molecule has 0 bridgehead atoms. The summed E-state index contributed by atoms with van der Waals surface area (Å²) in [6, 6.07) is 10.2. The van der Waals surface area contributed by atoms with E-state index in [9.17, 15) is 0 Å². The van der Waals surface area contributed by atoms with Crippen molar-refractivity contribution in [1.82, 2.24) is 20.6 Å². The summed E-state index contributed by atoms with van der Waals surface area (Å²) in [5.41, 5.74) is 2.22. The number of pyridine rings is 1. The number of hydrogen-bond donors (Lipinski definition) is 2. The second kappa shape index (κ2) is 9.67. The molecule has 0 fully saturated rings. The summed E-state index contributed by atoms with van der Waals surface area (Å²) in [5.74, 6) is 0.796. The maximum Gasteiger partial charge on any atom is 0.191 e. The maximum atomic E-state index is 4.39. The molecule has 0 aliphatic rings. The monoisotopic (exact) mass is 467 g/mol. The Hall–Kier alpha value is -1.74. The summed E-state index contributed by atoms with van der Waals surface area (Å²) in [6.07, 6.45) is 4.67. The van der Waals surface area contributed by atoms with E-state index in [0.717, 1.165) is 29.4 Å². The van der Waals surface area contributed by atoms with Crippen LogP contribution in [0, 0.1) is 6.92 Å². The number of hydrogen-bond acceptors (Lipinski definition) is 4. The molecule has 3 rings (SSSR count). The van der Waals surface area contributed by atoms with Crippen LogP contribution in [0.25, 0.3) is 10.9 Å². The number of thiazole rings is 1. The van der Waals surface area contributed by atoms with Crippen molar-refractivity contribution in [2.24, 2.45) is 4.99 Å². The van der Waals surface area contributed by atoms with E-state index in [4.69, 9.17) is 0 Å². The van der Waals surface area contributed by atoms with E-state index in [2.05, 4.69) is 38.6 Å². The van der Waals surface area contributed by atoms with Crippen LogP contribution in [0.1, 0.15) is 15.4 Å². The van der Waals surface area contributed by atoms with E-state index < -0.39 is 0 Å². The molecule has 0 aliphatic carbocycles. The molecule has 0 spiro atoms. The third-order valence-corrected chi connectivity index (χ3v) is 4.68. The van der Waals surface area contributed by atoms with E-state index in [0.29, 0.717) is 6.54 Å². The van der Waals surface area contributed by atoms with Crippen molar-refractivity contribution >= 4 is 52.2 Å². The van der Waals surface area contributed by atoms with Crippen molar-refractivity contribution in [3.05, 3.63) is 58.2 Å². The first kappa shape index (κ1) is 19.6. The number of nitrogens with one attached hydrogen (secondary N) is 2. The zero-order valence-electron chi connectivity index (χ0n) is 14.3. The van der Waals surface area contributed by atoms with E-state index in [-0.39, 0.29) is 24.0 Å². The smallest absolute Gasteiger partial charge is 0.191 e. The van der Waals surface area contributed by atoms with Crippen LogP contribution in [0.4, 0.5) is 0 Å². The fourth-order valence-corrected chi connectivity index (χ4v) is 3.30. The number of aryl methyl sites for hydroxylation is 1. The van der Waals surface area contributed by atoms with Crippen molar-refractivity contribution < 1.29 is 0 Å². The molecule has 7 heteroatoms. The van der Waals surface area contributed by atoms with Gasteiger partial charge in [0.15, 0.2) is 5.96 Å². The van der Waals surface area contributed by atoms with Gasteiger partial charge in [-0.05, 0) is 24.6 Å². The Morgan fingerprint density at radius 2 is 2.00 bits per heavy atom. The van der Waals surface area contributed by atoms with Crippen molar-refractivity contribution in [2.45, 2.75) is 19.9 Å². The molecule has 132 valence electrons. The number of guanidine groups is 1. The number of nitrogens with zero attached hydrogens (tertiary/aromatic N) is 3. The Kier molecular flexibility index (Phi) is 7.57. The van der Waals surface area contributed by atoms with Gasteiger partial charge in [-0.2, -0.15) is 0 Å². The minimum Gasteiger partial charge on any atom is -0.356 e. The van der Waals surface area contributed by atoms with Gasteiger partial charge in [-0.3, -0.25) is 9.98 Å². The predicted molar refractivity (Wildman–Crippen MR) is 116 cm³/mol. The predicted octanol–water partition coefficient (Wildman–Crippen LogP) is 3.53. The van der Waals surface area contributed by atoms with Gasteiger partial charge in [0.25, 0.3) is 0 Å². The zero-order valence-corrected chi connectivity index (χ0v) is 17.5. The number of aliphatic imine (C=N–C) groups is 1. The quantitative estimate of drug-likeness (QED) is 0.343. The lowest BCUT2D eigenvalue weighted by Gasteiger charge is -2.12. The third-order valence-electron chi connectivity index (χ3n) is 3.71. The Morgan fingerprint density at radius 3 is 2.76 bits per heavy atom. The van der Waals surface area contributed by atoms with Crippen molar-refractivity contribution in [2.75, 3.05) is 13.6 Å². The summed E-state index contributed by atoms with van der Waals surface area (Å²) in [6.45, 7) is 3.59. The van der Waals surface area contributed by atoms with Gasteiger partial charge in [0, 0.05) is 49.2 Å². The minimum atomic E-state index is 0. The number of fused-ring (bicyclic) bond motifs is 1. The summed E-state index contributed by atoms with van der Waals surface area (Å²) < 4.78 is 0. The van der Waals surface area contributed by atoms with E-state index in [1.54, 1.807) is 18.4 Å². The van der Waals surface area contributed by atoms with Gasteiger partial charge < -0.3 is 10.6 Å². The van der Waals surface area contributed by atoms with Crippen LogP contribution < -0.4 is 10.6 Å². The Balaban J connectivity index is 0.00000225. The molecule has 0 unspecified atom stereocenters. The highest BCUT2D eigenvalue weighted by molar-refractivity contribution is 14.0. The molecule has 2 heterocycles. The van der Waals surface area contributed by atoms with Crippen LogP contribution in [0.5, 0.6) is 0 Å². The average molecular weight is 467 g/mol. The fraction of sp³-hybridized carbons (Fsp3) is 0.278. The lowest BCUT2D eigenvalue weighted by molar-refractivity contribution is 0.793. The van der Waals surface area contributed by atoms with Crippen LogP contribution in [0.15, 0.2) is 47.7 Å². The van der Waals surface area contributed by atoms with Crippen molar-refractivity contribution in [3.8, 4) is 0 Å². The Morgan fingerprint density at radius 1 is 1.16 bits per heavy atom. The Bertz CT molecular complexity index is 841. The van der Waals surface area contributed by atoms with Crippen LogP contribution in [0.3, 0.4) is 0 Å². The van der Waals surface area contributed by atoms with Gasteiger partial charge in [-0.25, -0.2) is 4.98 Å². The molecule has 2 aromatic heterocycles. The van der Waals surface area contributed by atoms with Crippen molar-refractivity contribution in [3.63, 3.8) is 0 Å². The first-order valence-electron chi connectivity index (χ1n) is 7.94. The second-order valence-electron chi connectivity index (χ2n) is 5.45. The average Bonchev–Trinajstić information content (AvgIpc) is 3.03. The lowest BCUT2D eigenvalue weighted by atomic mass is 10.1. The summed E-state index contributed by atoms with van der Waals surface area (Å²) in [7, 11) is 1.79. The van der Waals surface area contributed by atoms with Gasteiger partial charge >= 0.3 is 0 Å². The first-order valence-corrected chi connectivity index (χ1v) is 8.76. The lowest BCUT2D eigenvalue weighted by Crippen LogP contribution is -2.37. The number of para-hydroxylation sites is 1. The molecule has 0 amide bonds. The van der Waals surface area contributed by atoms with E-state index in [1.165, 1.54) is 15.8 Å². The molecule has 25 heavy (non-hydrogen) atoms. The van der Waals surface area contributed by atoms with E-state index in [1.807, 2.05) is 36.7 Å². The Labute approximate surface area is 169 Å². The molecule has 5 nitrogen and oxygen atoms in total. The third kappa shape index (κ3) is 5.37. The number of aromatic nitrogens is 2. The molecule has 0 aliphatic heterocycles. The molecule has 0 saturated carbocycles. The van der Waals surface area contributed by atoms with Crippen LogP contribution in [0.2, 0.25) is 0 Å². The van der Waals surface area contributed by atoms with Gasteiger partial charge in [-0.1, -0.05) is 18.2 Å². The van der Waals surface area contributed by atoms with Crippen molar-refractivity contribution in [1.29, 1.82) is 0 Å². The molecule has 1 aromatic carbocycles. The molecule has 0 atom stereocenters. The summed E-state index contributed by atoms with van der Waals surface area (Å²) in [4.78, 5) is 14.3. The van der Waals surface area contributed by atoms with Crippen LogP contribution >= 0.6 is 35.3 Å². The largest absolute Gasteiger partial charge is 0.356 e. The highest BCUT2D eigenvalue weighted by Crippen LogP contribution is 2.15. The van der Waals surface area contributed by atoms with Gasteiger partial charge in [-0.15, -0.1) is 35.3 Å². The molecule has 0 radical (unpaired) electrons. The normalized spacial score (nSPS) is 11.2. The van der Waals surface area contributed by atoms with Crippen LogP contribution in [-0.2, 0) is 13.0 Å². The fourth-order valence-electron chi connectivity index (χ4n) is 2.51. The summed E-state index contributed by atoms with van der Waals surface area (Å²) in [5, 5.41) is 9.02. The molecule has 0 saturated heterocycles. The highest BCUT2D eigenvalue weighted by Gasteiger charge is 2.04. The van der Waals surface area contributed by atoms with Crippen LogP contribution in [-0.4, -0.2) is 29.5 Å². The minimum absolute atomic E-state index is 0. The highest BCUT2D eigenvalue weighted by atomic mass is 127. The zero-order chi connectivity index (χ0) is 16.8.